The maximum atomic E-state index is 5.84. The number of aryl methyl sites for hydroxylation is 1. The molecule has 0 saturated carbocycles. The summed E-state index contributed by atoms with van der Waals surface area (Å²) in [6.07, 6.45) is 2.39. The van der Waals surface area contributed by atoms with Crippen molar-refractivity contribution >= 4 is 11.1 Å². The first kappa shape index (κ1) is 9.85. The Hall–Kier alpha value is -1.35. The van der Waals surface area contributed by atoms with Gasteiger partial charge in [0.15, 0.2) is 11.5 Å². The van der Waals surface area contributed by atoms with Crippen LogP contribution in [0.2, 0.25) is 0 Å². The zero-order valence-electron chi connectivity index (χ0n) is 9.49. The molecule has 1 aromatic carbocycles. The van der Waals surface area contributed by atoms with Crippen LogP contribution in [0, 0.1) is 6.92 Å². The van der Waals surface area contributed by atoms with Crippen molar-refractivity contribution in [3.8, 4) is 0 Å². The highest BCUT2D eigenvalue weighted by Gasteiger charge is 2.20. The van der Waals surface area contributed by atoms with E-state index in [-0.39, 0.29) is 0 Å². The van der Waals surface area contributed by atoms with Crippen LogP contribution in [0.3, 0.4) is 0 Å². The number of rotatable bonds is 1. The molecule has 84 valence electrons. The van der Waals surface area contributed by atoms with Crippen molar-refractivity contribution in [2.45, 2.75) is 25.7 Å². The highest BCUT2D eigenvalue weighted by molar-refractivity contribution is 5.73. The van der Waals surface area contributed by atoms with Crippen LogP contribution in [0.15, 0.2) is 22.6 Å². The molecule has 2 heterocycles. The maximum absolute atomic E-state index is 5.84. The minimum Gasteiger partial charge on any atom is -0.440 e. The lowest BCUT2D eigenvalue weighted by Crippen LogP contribution is -2.28. The summed E-state index contributed by atoms with van der Waals surface area (Å²) < 4.78 is 5.84. The Bertz CT molecular complexity index is 498. The van der Waals surface area contributed by atoms with E-state index in [0.29, 0.717) is 5.92 Å². The van der Waals surface area contributed by atoms with Gasteiger partial charge in [-0.15, -0.1) is 0 Å². The monoisotopic (exact) mass is 216 g/mol. The first-order chi connectivity index (χ1) is 7.83. The van der Waals surface area contributed by atoms with Gasteiger partial charge in [0.05, 0.1) is 0 Å². The fraction of sp³-hybridized carbons (Fsp3) is 0.462. The Morgan fingerprint density at radius 3 is 3.19 bits per heavy atom. The molecular weight excluding hydrogens is 200 g/mol. The van der Waals surface area contributed by atoms with Gasteiger partial charge in [-0.25, -0.2) is 4.98 Å². The summed E-state index contributed by atoms with van der Waals surface area (Å²) in [5.74, 6) is 1.34. The SMILES string of the molecule is Cc1ccc2nc(C3CCCNC3)oc2c1. The Kier molecular flexibility index (Phi) is 2.40. The van der Waals surface area contributed by atoms with Gasteiger partial charge < -0.3 is 9.73 Å². The third-order valence-electron chi connectivity index (χ3n) is 3.21. The Morgan fingerprint density at radius 1 is 1.44 bits per heavy atom. The summed E-state index contributed by atoms with van der Waals surface area (Å²) in [4.78, 5) is 4.57. The predicted octanol–water partition coefficient (Wildman–Crippen LogP) is 2.60. The summed E-state index contributed by atoms with van der Waals surface area (Å²) in [5.41, 5.74) is 3.11. The van der Waals surface area contributed by atoms with Gasteiger partial charge in [0, 0.05) is 12.5 Å². The lowest BCUT2D eigenvalue weighted by molar-refractivity contribution is 0.387. The minimum atomic E-state index is 0.446. The molecule has 2 aromatic rings. The predicted molar refractivity (Wildman–Crippen MR) is 63.6 cm³/mol. The molecule has 16 heavy (non-hydrogen) atoms. The third-order valence-corrected chi connectivity index (χ3v) is 3.21. The average Bonchev–Trinajstić information content (AvgIpc) is 2.73. The summed E-state index contributed by atoms with van der Waals surface area (Å²) in [6, 6.07) is 6.17. The zero-order chi connectivity index (χ0) is 11.0. The molecule has 1 aromatic heterocycles. The number of fused-ring (bicyclic) bond motifs is 1. The number of hydrogen-bond donors (Lipinski definition) is 1. The van der Waals surface area contributed by atoms with E-state index in [1.807, 2.05) is 6.07 Å². The van der Waals surface area contributed by atoms with Gasteiger partial charge in [0.1, 0.15) is 5.52 Å². The summed E-state index contributed by atoms with van der Waals surface area (Å²) in [6.45, 7) is 4.19. The van der Waals surface area contributed by atoms with Gasteiger partial charge in [-0.05, 0) is 44.0 Å². The number of nitrogens with zero attached hydrogens (tertiary/aromatic N) is 1. The molecule has 1 unspecified atom stereocenters. The van der Waals surface area contributed by atoms with Crippen molar-refractivity contribution in [2.24, 2.45) is 0 Å². The highest BCUT2D eigenvalue weighted by atomic mass is 16.3. The lowest BCUT2D eigenvalue weighted by Gasteiger charge is -2.19. The Morgan fingerprint density at radius 2 is 2.38 bits per heavy atom. The van der Waals surface area contributed by atoms with Crippen LogP contribution < -0.4 is 5.32 Å². The van der Waals surface area contributed by atoms with E-state index in [4.69, 9.17) is 4.42 Å². The van der Waals surface area contributed by atoms with Crippen molar-refractivity contribution in [3.05, 3.63) is 29.7 Å². The number of aromatic nitrogens is 1. The molecule has 1 saturated heterocycles. The smallest absolute Gasteiger partial charge is 0.199 e. The number of oxazole rings is 1. The molecule has 1 fully saturated rings. The summed E-state index contributed by atoms with van der Waals surface area (Å²) in [7, 11) is 0. The van der Waals surface area contributed by atoms with Crippen LogP contribution in [0.25, 0.3) is 11.1 Å². The van der Waals surface area contributed by atoms with Crippen LogP contribution in [-0.4, -0.2) is 18.1 Å². The molecular formula is C13H16N2O. The zero-order valence-corrected chi connectivity index (χ0v) is 9.49. The van der Waals surface area contributed by atoms with Crippen molar-refractivity contribution in [1.82, 2.24) is 10.3 Å². The van der Waals surface area contributed by atoms with Gasteiger partial charge in [0.25, 0.3) is 0 Å². The van der Waals surface area contributed by atoms with Crippen molar-refractivity contribution in [3.63, 3.8) is 0 Å². The molecule has 1 N–H and O–H groups in total. The molecule has 0 amide bonds. The van der Waals surface area contributed by atoms with Crippen LogP contribution >= 0.6 is 0 Å². The van der Waals surface area contributed by atoms with Crippen LogP contribution in [0.5, 0.6) is 0 Å². The molecule has 3 heteroatoms. The van der Waals surface area contributed by atoms with Gasteiger partial charge in [-0.2, -0.15) is 0 Å². The minimum absolute atomic E-state index is 0.446. The van der Waals surface area contributed by atoms with Crippen LogP contribution in [0.4, 0.5) is 0 Å². The number of hydrogen-bond acceptors (Lipinski definition) is 3. The molecule has 1 aliphatic rings. The number of nitrogens with one attached hydrogen (secondary N) is 1. The van der Waals surface area contributed by atoms with Gasteiger partial charge >= 0.3 is 0 Å². The van der Waals surface area contributed by atoms with Gasteiger partial charge in [0.2, 0.25) is 0 Å². The largest absolute Gasteiger partial charge is 0.440 e. The Balaban J connectivity index is 1.97. The van der Waals surface area contributed by atoms with Crippen molar-refractivity contribution in [1.29, 1.82) is 0 Å². The summed E-state index contributed by atoms with van der Waals surface area (Å²) >= 11 is 0. The lowest BCUT2D eigenvalue weighted by atomic mass is 10.00. The fourth-order valence-electron chi connectivity index (χ4n) is 2.29. The molecule has 0 radical (unpaired) electrons. The normalized spacial score (nSPS) is 21.4. The molecule has 1 aliphatic heterocycles. The molecule has 3 nitrogen and oxygen atoms in total. The molecule has 0 aliphatic carbocycles. The fourth-order valence-corrected chi connectivity index (χ4v) is 2.29. The van der Waals surface area contributed by atoms with E-state index in [1.54, 1.807) is 0 Å². The van der Waals surface area contributed by atoms with Crippen molar-refractivity contribution in [2.75, 3.05) is 13.1 Å². The number of benzene rings is 1. The maximum Gasteiger partial charge on any atom is 0.199 e. The molecule has 0 spiro atoms. The van der Waals surface area contributed by atoms with E-state index in [1.165, 1.54) is 18.4 Å². The van der Waals surface area contributed by atoms with E-state index >= 15 is 0 Å². The third kappa shape index (κ3) is 1.71. The topological polar surface area (TPSA) is 38.1 Å². The second-order valence-electron chi connectivity index (χ2n) is 4.57. The summed E-state index contributed by atoms with van der Waals surface area (Å²) in [5, 5.41) is 3.39. The molecule has 0 bridgehead atoms. The number of piperidine rings is 1. The molecule has 1 atom stereocenters. The first-order valence-electron chi connectivity index (χ1n) is 5.91. The molecule has 3 rings (SSSR count). The van der Waals surface area contributed by atoms with E-state index in [2.05, 4.69) is 29.4 Å². The van der Waals surface area contributed by atoms with Crippen LogP contribution in [0.1, 0.15) is 30.2 Å². The average molecular weight is 216 g/mol. The quantitative estimate of drug-likeness (QED) is 0.796. The Labute approximate surface area is 94.9 Å². The highest BCUT2D eigenvalue weighted by Crippen LogP contribution is 2.26. The van der Waals surface area contributed by atoms with E-state index < -0.39 is 0 Å². The van der Waals surface area contributed by atoms with Gasteiger partial charge in [-0.3, -0.25) is 0 Å². The van der Waals surface area contributed by atoms with Crippen molar-refractivity contribution < 1.29 is 4.42 Å². The van der Waals surface area contributed by atoms with Gasteiger partial charge in [-0.1, -0.05) is 6.07 Å². The second-order valence-corrected chi connectivity index (χ2v) is 4.57. The first-order valence-corrected chi connectivity index (χ1v) is 5.91. The van der Waals surface area contributed by atoms with E-state index in [0.717, 1.165) is 30.1 Å². The van der Waals surface area contributed by atoms with E-state index in [9.17, 15) is 0 Å². The standard InChI is InChI=1S/C13H16N2O/c1-9-4-5-11-12(7-9)16-13(15-11)10-3-2-6-14-8-10/h4-5,7,10,14H,2-3,6,8H2,1H3. The second kappa shape index (κ2) is 3.91. The van der Waals surface area contributed by atoms with Crippen LogP contribution in [-0.2, 0) is 0 Å².